The number of aliphatic hydroxyl groups is 1. The van der Waals surface area contributed by atoms with Crippen molar-refractivity contribution in [3.63, 3.8) is 0 Å². The lowest BCUT2D eigenvalue weighted by atomic mass is 9.84. The zero-order valence-corrected chi connectivity index (χ0v) is 15.7. The van der Waals surface area contributed by atoms with Crippen LogP contribution >= 0.6 is 11.6 Å². The van der Waals surface area contributed by atoms with Crippen LogP contribution in [0.5, 0.6) is 0 Å². The van der Waals surface area contributed by atoms with Crippen molar-refractivity contribution in [2.24, 2.45) is 0 Å². The number of alkyl halides is 3. The molecule has 148 valence electrons. The van der Waals surface area contributed by atoms with Crippen molar-refractivity contribution in [3.05, 3.63) is 52.4 Å². The number of fused-ring (bicyclic) bond motifs is 1. The number of hydrogen-bond donors (Lipinski definition) is 1. The summed E-state index contributed by atoms with van der Waals surface area (Å²) in [7, 11) is 0. The Labute approximate surface area is 163 Å². The van der Waals surface area contributed by atoms with E-state index < -0.39 is 17.6 Å². The highest BCUT2D eigenvalue weighted by Gasteiger charge is 2.38. The van der Waals surface area contributed by atoms with Gasteiger partial charge in [-0.2, -0.15) is 22.7 Å². The number of rotatable bonds is 2. The van der Waals surface area contributed by atoms with Gasteiger partial charge >= 0.3 is 6.18 Å². The van der Waals surface area contributed by atoms with E-state index in [0.29, 0.717) is 48.0 Å². The van der Waals surface area contributed by atoms with Crippen molar-refractivity contribution >= 4 is 23.2 Å². The molecule has 0 spiro atoms. The van der Waals surface area contributed by atoms with Crippen LogP contribution in [0, 0.1) is 6.92 Å². The maximum absolute atomic E-state index is 13.0. The summed E-state index contributed by atoms with van der Waals surface area (Å²) in [4.78, 5) is 9.44. The van der Waals surface area contributed by atoms with Gasteiger partial charge in [0.15, 0.2) is 0 Å². The Morgan fingerprint density at radius 2 is 1.82 bits per heavy atom. The van der Waals surface area contributed by atoms with Gasteiger partial charge in [-0.1, -0.05) is 29.8 Å². The summed E-state index contributed by atoms with van der Waals surface area (Å²) in [5.74, 6) is -0.864. The first kappa shape index (κ1) is 18.9. The average molecular weight is 412 g/mol. The summed E-state index contributed by atoms with van der Waals surface area (Å²) >= 11 is 6.23. The summed E-state index contributed by atoms with van der Waals surface area (Å²) in [5, 5.41) is 15.2. The molecule has 0 aliphatic carbocycles. The first-order valence-electron chi connectivity index (χ1n) is 8.71. The van der Waals surface area contributed by atoms with Crippen molar-refractivity contribution in [2.45, 2.75) is 31.5 Å². The van der Waals surface area contributed by atoms with Crippen LogP contribution in [0.3, 0.4) is 0 Å². The van der Waals surface area contributed by atoms with Crippen molar-refractivity contribution < 1.29 is 18.3 Å². The lowest BCUT2D eigenvalue weighted by Crippen LogP contribution is -2.43. The predicted octanol–water partition coefficient (Wildman–Crippen LogP) is 3.59. The van der Waals surface area contributed by atoms with Gasteiger partial charge in [-0.3, -0.25) is 0 Å². The van der Waals surface area contributed by atoms with Crippen molar-refractivity contribution in [2.75, 3.05) is 18.0 Å². The van der Waals surface area contributed by atoms with Gasteiger partial charge in [0, 0.05) is 35.4 Å². The van der Waals surface area contributed by atoms with Gasteiger partial charge in [0.05, 0.1) is 5.60 Å². The van der Waals surface area contributed by atoms with Gasteiger partial charge in [-0.15, -0.1) is 5.10 Å². The number of piperidine rings is 1. The van der Waals surface area contributed by atoms with Gasteiger partial charge in [0.2, 0.25) is 0 Å². The molecule has 1 aliphatic heterocycles. The minimum atomic E-state index is -4.65. The zero-order valence-electron chi connectivity index (χ0n) is 14.9. The molecular formula is C18H17ClF3N5O. The summed E-state index contributed by atoms with van der Waals surface area (Å²) in [6.07, 6.45) is -3.90. The van der Waals surface area contributed by atoms with Gasteiger partial charge in [0.25, 0.3) is 11.6 Å². The molecule has 3 aromatic rings. The Balaban J connectivity index is 1.65. The molecule has 1 fully saturated rings. The van der Waals surface area contributed by atoms with E-state index in [-0.39, 0.29) is 5.78 Å². The third kappa shape index (κ3) is 3.29. The molecule has 0 amide bonds. The molecular weight excluding hydrogens is 395 g/mol. The lowest BCUT2D eigenvalue weighted by molar-refractivity contribution is -0.144. The molecule has 28 heavy (non-hydrogen) atoms. The molecule has 4 rings (SSSR count). The molecule has 1 aliphatic rings. The average Bonchev–Trinajstić information content (AvgIpc) is 3.06. The molecule has 10 heteroatoms. The highest BCUT2D eigenvalue weighted by Crippen LogP contribution is 2.38. The smallest absolute Gasteiger partial charge is 0.385 e. The summed E-state index contributed by atoms with van der Waals surface area (Å²) < 4.78 is 40.1. The van der Waals surface area contributed by atoms with Crippen LogP contribution in [0.4, 0.5) is 19.0 Å². The first-order valence-corrected chi connectivity index (χ1v) is 9.09. The highest BCUT2D eigenvalue weighted by molar-refractivity contribution is 6.31. The van der Waals surface area contributed by atoms with Crippen LogP contribution in [-0.4, -0.2) is 37.8 Å². The number of halogens is 4. The van der Waals surface area contributed by atoms with Crippen molar-refractivity contribution in [1.29, 1.82) is 0 Å². The van der Waals surface area contributed by atoms with E-state index in [1.54, 1.807) is 31.2 Å². The summed E-state index contributed by atoms with van der Waals surface area (Å²) in [6.45, 7) is 2.53. The van der Waals surface area contributed by atoms with Gasteiger partial charge in [-0.25, -0.2) is 4.98 Å². The van der Waals surface area contributed by atoms with Crippen LogP contribution in [0.1, 0.15) is 29.9 Å². The van der Waals surface area contributed by atoms with E-state index in [9.17, 15) is 18.3 Å². The van der Waals surface area contributed by atoms with Gasteiger partial charge in [-0.05, 0) is 25.8 Å². The second kappa shape index (κ2) is 6.59. The lowest BCUT2D eigenvalue weighted by Gasteiger charge is -2.39. The number of aryl methyl sites for hydroxylation is 1. The second-order valence-electron chi connectivity index (χ2n) is 6.90. The van der Waals surface area contributed by atoms with Crippen molar-refractivity contribution in [3.8, 4) is 0 Å². The number of hydrogen-bond acceptors (Lipinski definition) is 5. The van der Waals surface area contributed by atoms with Crippen LogP contribution < -0.4 is 4.90 Å². The Morgan fingerprint density at radius 1 is 1.14 bits per heavy atom. The normalized spacial score (nSPS) is 17.3. The molecule has 6 nitrogen and oxygen atoms in total. The maximum atomic E-state index is 13.0. The van der Waals surface area contributed by atoms with E-state index in [0.717, 1.165) is 4.52 Å². The molecule has 1 saturated heterocycles. The van der Waals surface area contributed by atoms with E-state index in [1.165, 1.54) is 0 Å². The molecule has 0 atom stereocenters. The van der Waals surface area contributed by atoms with Crippen LogP contribution in [0.2, 0.25) is 5.02 Å². The Kier molecular flexibility index (Phi) is 4.46. The first-order chi connectivity index (χ1) is 13.2. The summed E-state index contributed by atoms with van der Waals surface area (Å²) in [6, 6.07) is 8.80. The SMILES string of the molecule is Cc1cc(N2CCC(O)(c3ccccc3Cl)CC2)n2nc(C(F)(F)F)nc2n1. The third-order valence-corrected chi connectivity index (χ3v) is 5.29. The molecule has 2 aromatic heterocycles. The fourth-order valence-electron chi connectivity index (χ4n) is 3.53. The topological polar surface area (TPSA) is 66.5 Å². The molecule has 1 N–H and O–H groups in total. The summed E-state index contributed by atoms with van der Waals surface area (Å²) in [5.41, 5.74) is 0.110. The van der Waals surface area contributed by atoms with Crippen LogP contribution in [0.15, 0.2) is 30.3 Å². The molecule has 0 bridgehead atoms. The van der Waals surface area contributed by atoms with Crippen molar-refractivity contribution in [1.82, 2.24) is 19.6 Å². The molecule has 1 aromatic carbocycles. The number of nitrogens with zero attached hydrogens (tertiary/aromatic N) is 5. The minimum absolute atomic E-state index is 0.103. The Bertz CT molecular complexity index is 1030. The van der Waals surface area contributed by atoms with Crippen LogP contribution in [0.25, 0.3) is 5.78 Å². The van der Waals surface area contributed by atoms with E-state index in [1.807, 2.05) is 11.0 Å². The Hall–Kier alpha value is -2.39. The number of anilines is 1. The highest BCUT2D eigenvalue weighted by atomic mass is 35.5. The molecule has 0 radical (unpaired) electrons. The fourth-order valence-corrected chi connectivity index (χ4v) is 3.84. The minimum Gasteiger partial charge on any atom is -0.385 e. The standard InChI is InChI=1S/C18H17ClF3N5O/c1-11-10-14(27-16(23-11)24-15(25-27)18(20,21)22)26-8-6-17(28,7-9-26)12-4-2-3-5-13(12)19/h2-5,10,28H,6-9H2,1H3. The zero-order chi connectivity index (χ0) is 20.1. The van der Waals surface area contributed by atoms with E-state index >= 15 is 0 Å². The largest absolute Gasteiger partial charge is 0.453 e. The maximum Gasteiger partial charge on any atom is 0.453 e. The van der Waals surface area contributed by atoms with Gasteiger partial charge < -0.3 is 10.0 Å². The second-order valence-corrected chi connectivity index (χ2v) is 7.31. The molecule has 0 unspecified atom stereocenters. The number of benzene rings is 1. The van der Waals surface area contributed by atoms with Gasteiger partial charge in [0.1, 0.15) is 5.82 Å². The third-order valence-electron chi connectivity index (χ3n) is 4.96. The predicted molar refractivity (Wildman–Crippen MR) is 97.3 cm³/mol. The fraction of sp³-hybridized carbons (Fsp3) is 0.389. The van der Waals surface area contributed by atoms with E-state index in [4.69, 9.17) is 11.6 Å². The monoisotopic (exact) mass is 411 g/mol. The van der Waals surface area contributed by atoms with E-state index in [2.05, 4.69) is 15.1 Å². The quantitative estimate of drug-likeness (QED) is 0.698. The van der Waals surface area contributed by atoms with Crippen LogP contribution in [-0.2, 0) is 11.8 Å². The number of aromatic nitrogens is 4. The Morgan fingerprint density at radius 3 is 2.46 bits per heavy atom. The molecule has 3 heterocycles. The molecule has 0 saturated carbocycles.